The van der Waals surface area contributed by atoms with Crippen molar-refractivity contribution in [3.05, 3.63) is 12.7 Å². The van der Waals surface area contributed by atoms with Gasteiger partial charge in [0.15, 0.2) is 8.32 Å². The van der Waals surface area contributed by atoms with Crippen LogP contribution in [0.15, 0.2) is 12.7 Å². The van der Waals surface area contributed by atoms with Gasteiger partial charge in [0.05, 0.1) is 6.10 Å². The molecule has 0 N–H and O–H groups in total. The molecule has 0 bridgehead atoms. The van der Waals surface area contributed by atoms with Gasteiger partial charge >= 0.3 is 0 Å². The van der Waals surface area contributed by atoms with Crippen LogP contribution in [-0.4, -0.2) is 14.4 Å². The molecule has 16 heavy (non-hydrogen) atoms. The van der Waals surface area contributed by atoms with E-state index in [1.54, 1.807) is 0 Å². The molecule has 2 heteroatoms. The Morgan fingerprint density at radius 3 is 2.12 bits per heavy atom. The fourth-order valence-corrected chi connectivity index (χ4v) is 2.90. The van der Waals surface area contributed by atoms with Crippen LogP contribution < -0.4 is 0 Å². The highest BCUT2D eigenvalue weighted by Crippen LogP contribution is 2.38. The summed E-state index contributed by atoms with van der Waals surface area (Å²) in [7, 11) is -1.65. The Morgan fingerprint density at radius 2 is 1.81 bits per heavy atom. The van der Waals surface area contributed by atoms with Crippen LogP contribution in [-0.2, 0) is 4.43 Å². The normalized spacial score (nSPS) is 16.9. The van der Waals surface area contributed by atoms with Gasteiger partial charge in [0.25, 0.3) is 0 Å². The maximum absolute atomic E-state index is 6.39. The van der Waals surface area contributed by atoms with E-state index in [2.05, 4.69) is 54.3 Å². The molecule has 0 saturated heterocycles. The van der Waals surface area contributed by atoms with Crippen molar-refractivity contribution in [2.45, 2.75) is 71.7 Å². The Balaban J connectivity index is 4.60. The monoisotopic (exact) mass is 242 g/mol. The quantitative estimate of drug-likeness (QED) is 0.470. The average Bonchev–Trinajstić information content (AvgIpc) is 2.12. The van der Waals surface area contributed by atoms with Crippen molar-refractivity contribution in [1.29, 1.82) is 0 Å². The van der Waals surface area contributed by atoms with E-state index in [1.807, 2.05) is 6.08 Å². The lowest BCUT2D eigenvalue weighted by Crippen LogP contribution is -2.44. The molecule has 0 fully saturated rings. The predicted molar refractivity (Wildman–Crippen MR) is 76.3 cm³/mol. The highest BCUT2D eigenvalue weighted by Gasteiger charge is 2.39. The Kier molecular flexibility index (Phi) is 5.98. The summed E-state index contributed by atoms with van der Waals surface area (Å²) in [6, 6.07) is 0. The maximum Gasteiger partial charge on any atom is 0.192 e. The van der Waals surface area contributed by atoms with E-state index in [9.17, 15) is 0 Å². The van der Waals surface area contributed by atoms with Crippen molar-refractivity contribution in [3.8, 4) is 0 Å². The first kappa shape index (κ1) is 15.9. The second-order valence-corrected chi connectivity index (χ2v) is 11.1. The van der Waals surface area contributed by atoms with Crippen LogP contribution in [0.5, 0.6) is 0 Å². The summed E-state index contributed by atoms with van der Waals surface area (Å²) in [4.78, 5) is 0. The maximum atomic E-state index is 6.39. The largest absolute Gasteiger partial charge is 0.410 e. The van der Waals surface area contributed by atoms with Crippen LogP contribution in [0.4, 0.5) is 0 Å². The highest BCUT2D eigenvalue weighted by molar-refractivity contribution is 6.74. The van der Waals surface area contributed by atoms with E-state index in [-0.39, 0.29) is 11.1 Å². The van der Waals surface area contributed by atoms with Gasteiger partial charge in [-0.05, 0) is 30.5 Å². The molecule has 0 spiro atoms. The molecule has 1 nitrogen and oxygen atoms in total. The van der Waals surface area contributed by atoms with E-state index in [1.165, 1.54) is 12.8 Å². The zero-order valence-corrected chi connectivity index (χ0v) is 13.3. The van der Waals surface area contributed by atoms with Gasteiger partial charge in [0.1, 0.15) is 0 Å². The Morgan fingerprint density at radius 1 is 1.31 bits per heavy atom. The average molecular weight is 242 g/mol. The molecule has 0 amide bonds. The van der Waals surface area contributed by atoms with Gasteiger partial charge in [-0.25, -0.2) is 0 Å². The topological polar surface area (TPSA) is 9.23 Å². The number of hydrogen-bond acceptors (Lipinski definition) is 1. The predicted octanol–water partition coefficient (Wildman–Crippen LogP) is 5.00. The lowest BCUT2D eigenvalue weighted by Gasteiger charge is -2.40. The standard InChI is InChI=1S/C14H30OSi/c1-9-11-12(3)13(10-2)15-16(7,8)14(4,5)6/h10,12-13H,2,9,11H2,1,3-8H3. The van der Waals surface area contributed by atoms with Crippen LogP contribution in [0.2, 0.25) is 18.1 Å². The molecular weight excluding hydrogens is 212 g/mol. The molecule has 0 aliphatic heterocycles. The number of rotatable bonds is 6. The first-order chi connectivity index (χ1) is 7.15. The molecular formula is C14H30OSi. The smallest absolute Gasteiger partial charge is 0.192 e. The summed E-state index contributed by atoms with van der Waals surface area (Å²) in [5.41, 5.74) is 0. The minimum Gasteiger partial charge on any atom is -0.410 e. The van der Waals surface area contributed by atoms with Crippen LogP contribution in [0, 0.1) is 5.92 Å². The Bertz CT molecular complexity index is 215. The van der Waals surface area contributed by atoms with Gasteiger partial charge in [-0.15, -0.1) is 6.58 Å². The first-order valence-electron chi connectivity index (χ1n) is 6.46. The van der Waals surface area contributed by atoms with Crippen LogP contribution in [0.25, 0.3) is 0 Å². The minimum absolute atomic E-state index is 0.223. The molecule has 2 unspecified atom stereocenters. The summed E-state index contributed by atoms with van der Waals surface area (Å²) < 4.78 is 6.39. The van der Waals surface area contributed by atoms with Crippen molar-refractivity contribution in [2.75, 3.05) is 0 Å². The number of hydrogen-bond donors (Lipinski definition) is 0. The summed E-state index contributed by atoms with van der Waals surface area (Å²) in [6.07, 6.45) is 4.64. The molecule has 0 aromatic heterocycles. The van der Waals surface area contributed by atoms with Crippen molar-refractivity contribution in [2.24, 2.45) is 5.92 Å². The molecule has 0 radical (unpaired) electrons. The summed E-state index contributed by atoms with van der Waals surface area (Å²) in [5, 5.41) is 0.278. The summed E-state index contributed by atoms with van der Waals surface area (Å²) in [6.45, 7) is 19.9. The van der Waals surface area contributed by atoms with Crippen LogP contribution in [0.1, 0.15) is 47.5 Å². The Labute approximate surface area is 103 Å². The molecule has 96 valence electrons. The van der Waals surface area contributed by atoms with Crippen molar-refractivity contribution in [1.82, 2.24) is 0 Å². The molecule has 0 aromatic rings. The molecule has 0 rings (SSSR count). The molecule has 2 atom stereocenters. The van der Waals surface area contributed by atoms with E-state index in [4.69, 9.17) is 4.43 Å². The van der Waals surface area contributed by atoms with Gasteiger partial charge < -0.3 is 4.43 Å². The van der Waals surface area contributed by atoms with Gasteiger partial charge in [-0.3, -0.25) is 0 Å². The SMILES string of the molecule is C=CC(O[Si](C)(C)C(C)(C)C)C(C)CCC. The fraction of sp³-hybridized carbons (Fsp3) is 0.857. The zero-order valence-electron chi connectivity index (χ0n) is 12.3. The third kappa shape index (κ3) is 4.42. The van der Waals surface area contributed by atoms with E-state index < -0.39 is 8.32 Å². The third-order valence-electron chi connectivity index (χ3n) is 3.77. The van der Waals surface area contributed by atoms with Crippen molar-refractivity contribution < 1.29 is 4.43 Å². The van der Waals surface area contributed by atoms with Gasteiger partial charge in [0.2, 0.25) is 0 Å². The van der Waals surface area contributed by atoms with E-state index >= 15 is 0 Å². The summed E-state index contributed by atoms with van der Waals surface area (Å²) in [5.74, 6) is 0.580. The fourth-order valence-electron chi connectivity index (χ4n) is 1.53. The first-order valence-corrected chi connectivity index (χ1v) is 9.37. The molecule has 0 heterocycles. The summed E-state index contributed by atoms with van der Waals surface area (Å²) >= 11 is 0. The zero-order chi connectivity index (χ0) is 13.0. The van der Waals surface area contributed by atoms with E-state index in [0.717, 1.165) is 0 Å². The van der Waals surface area contributed by atoms with Crippen molar-refractivity contribution in [3.63, 3.8) is 0 Å². The molecule has 0 saturated carbocycles. The van der Waals surface area contributed by atoms with Crippen molar-refractivity contribution >= 4 is 8.32 Å². The van der Waals surface area contributed by atoms with Gasteiger partial charge in [0, 0.05) is 0 Å². The third-order valence-corrected chi connectivity index (χ3v) is 8.25. The Hall–Kier alpha value is -0.0831. The van der Waals surface area contributed by atoms with Gasteiger partial charge in [-0.1, -0.05) is 47.1 Å². The minimum atomic E-state index is -1.65. The van der Waals surface area contributed by atoms with Crippen LogP contribution in [0.3, 0.4) is 0 Å². The molecule has 0 aliphatic carbocycles. The second kappa shape index (κ2) is 6.01. The molecule has 0 aliphatic rings. The van der Waals surface area contributed by atoms with Crippen LogP contribution >= 0.6 is 0 Å². The second-order valence-electron chi connectivity index (χ2n) is 6.34. The lowest BCUT2D eigenvalue weighted by atomic mass is 10.00. The lowest BCUT2D eigenvalue weighted by molar-refractivity contribution is 0.163. The highest BCUT2D eigenvalue weighted by atomic mass is 28.4. The van der Waals surface area contributed by atoms with E-state index in [0.29, 0.717) is 5.92 Å². The molecule has 0 aromatic carbocycles. The van der Waals surface area contributed by atoms with Gasteiger partial charge in [-0.2, -0.15) is 0 Å².